The third kappa shape index (κ3) is 5.50. The van der Waals surface area contributed by atoms with Crippen molar-refractivity contribution in [3.63, 3.8) is 0 Å². The van der Waals surface area contributed by atoms with E-state index in [2.05, 4.69) is 87.4 Å². The van der Waals surface area contributed by atoms with Gasteiger partial charge in [0.25, 0.3) is 0 Å². The first-order valence-electron chi connectivity index (χ1n) is 11.5. The minimum absolute atomic E-state index is 0.289. The number of benzene rings is 2. The van der Waals surface area contributed by atoms with Gasteiger partial charge in [0.1, 0.15) is 0 Å². The molecule has 0 aliphatic rings. The molecule has 0 aliphatic heterocycles. The summed E-state index contributed by atoms with van der Waals surface area (Å²) in [5.74, 6) is -0.689. The molecule has 0 spiro atoms. The molecule has 2 aromatic carbocycles. The van der Waals surface area contributed by atoms with Crippen molar-refractivity contribution in [2.75, 3.05) is 6.16 Å². The SMILES string of the molecule is Cn1cc(P(Br)(CCCCCCCCCC(=O)O)(c2ccccc2)c2ccccc2)cn1. The van der Waals surface area contributed by atoms with Gasteiger partial charge in [0.15, 0.2) is 0 Å². The molecule has 172 valence electrons. The van der Waals surface area contributed by atoms with Crippen molar-refractivity contribution in [2.45, 2.75) is 51.4 Å². The number of carboxylic acids is 1. The van der Waals surface area contributed by atoms with Gasteiger partial charge < -0.3 is 0 Å². The molecule has 0 amide bonds. The number of aromatic nitrogens is 2. The third-order valence-electron chi connectivity index (χ3n) is 6.29. The van der Waals surface area contributed by atoms with Crippen LogP contribution in [0.5, 0.6) is 0 Å². The molecule has 32 heavy (non-hydrogen) atoms. The number of rotatable bonds is 13. The Hall–Kier alpha value is -1.97. The van der Waals surface area contributed by atoms with Crippen LogP contribution in [0.3, 0.4) is 0 Å². The van der Waals surface area contributed by atoms with Crippen LogP contribution in [0, 0.1) is 0 Å². The zero-order valence-corrected chi connectivity index (χ0v) is 21.3. The first-order chi connectivity index (χ1) is 15.4. The molecule has 0 unspecified atom stereocenters. The quantitative estimate of drug-likeness (QED) is 0.232. The van der Waals surface area contributed by atoms with Crippen molar-refractivity contribution in [1.82, 2.24) is 9.78 Å². The summed E-state index contributed by atoms with van der Waals surface area (Å²) >= 11 is 4.47. The molecule has 3 rings (SSSR count). The monoisotopic (exact) mass is 516 g/mol. The number of unbranched alkanes of at least 4 members (excludes halogenated alkanes) is 6. The molecule has 0 atom stereocenters. The van der Waals surface area contributed by atoms with Crippen molar-refractivity contribution in [3.8, 4) is 0 Å². The number of halogens is 1. The number of hydrogen-bond acceptors (Lipinski definition) is 2. The van der Waals surface area contributed by atoms with Gasteiger partial charge in [-0.15, -0.1) is 0 Å². The van der Waals surface area contributed by atoms with Crippen LogP contribution in [0.25, 0.3) is 0 Å². The standard InChI is InChI=1S/C26H34BrN2O2P/c1-29-22-25(21-28-29)32(27,23-15-9-7-10-16-23,24-17-11-8-12-18-24)20-14-6-4-2-3-5-13-19-26(30)31/h7-12,15-18,21-22H,2-6,13-14,19-20H2,1H3,(H,30,31). The van der Waals surface area contributed by atoms with Crippen LogP contribution in [-0.4, -0.2) is 27.0 Å². The van der Waals surface area contributed by atoms with Crippen LogP contribution in [0.2, 0.25) is 0 Å². The number of aliphatic carboxylic acids is 1. The molecule has 6 heteroatoms. The van der Waals surface area contributed by atoms with Gasteiger partial charge in [-0.2, -0.15) is 0 Å². The van der Waals surface area contributed by atoms with E-state index < -0.39 is 11.3 Å². The van der Waals surface area contributed by atoms with E-state index >= 15 is 0 Å². The summed E-state index contributed by atoms with van der Waals surface area (Å²) in [4.78, 5) is 10.6. The summed E-state index contributed by atoms with van der Waals surface area (Å²) in [7, 11) is 1.98. The average Bonchev–Trinajstić information content (AvgIpc) is 3.26. The van der Waals surface area contributed by atoms with Crippen LogP contribution in [0.15, 0.2) is 73.1 Å². The summed E-state index contributed by atoms with van der Waals surface area (Å²) < 4.78 is 1.90. The van der Waals surface area contributed by atoms with Crippen LogP contribution in [0.1, 0.15) is 51.4 Å². The number of carboxylic acid groups (broad SMARTS) is 1. The number of carbonyl (C=O) groups is 1. The van der Waals surface area contributed by atoms with Gasteiger partial charge in [-0.1, -0.05) is 0 Å². The molecule has 1 aromatic heterocycles. The van der Waals surface area contributed by atoms with Gasteiger partial charge >= 0.3 is 200 Å². The summed E-state index contributed by atoms with van der Waals surface area (Å²) in [6.07, 6.45) is 13.1. The van der Waals surface area contributed by atoms with Crippen molar-refractivity contribution in [1.29, 1.82) is 0 Å². The molecular formula is C26H34BrN2O2P. The maximum absolute atomic E-state index is 10.6. The Morgan fingerprint density at radius 2 is 1.34 bits per heavy atom. The predicted molar refractivity (Wildman–Crippen MR) is 140 cm³/mol. The van der Waals surface area contributed by atoms with E-state index in [1.54, 1.807) is 0 Å². The molecule has 0 bridgehead atoms. The van der Waals surface area contributed by atoms with E-state index in [9.17, 15) is 4.79 Å². The zero-order chi connectivity index (χ0) is 22.9. The Bertz CT molecular complexity index is 952. The Morgan fingerprint density at radius 3 is 1.81 bits per heavy atom. The second-order valence-corrected chi connectivity index (χ2v) is 17.6. The number of hydrogen-bond donors (Lipinski definition) is 1. The second kappa shape index (κ2) is 11.2. The van der Waals surface area contributed by atoms with E-state index in [1.165, 1.54) is 35.2 Å². The van der Waals surface area contributed by atoms with Gasteiger partial charge in [0.2, 0.25) is 0 Å². The van der Waals surface area contributed by atoms with E-state index in [1.807, 2.05) is 17.9 Å². The fourth-order valence-corrected chi connectivity index (χ4v) is 12.0. The van der Waals surface area contributed by atoms with E-state index in [4.69, 9.17) is 5.11 Å². The van der Waals surface area contributed by atoms with Gasteiger partial charge in [0.05, 0.1) is 0 Å². The predicted octanol–water partition coefficient (Wildman–Crippen LogP) is 5.77. The van der Waals surface area contributed by atoms with Crippen molar-refractivity contribution >= 4 is 42.7 Å². The van der Waals surface area contributed by atoms with Gasteiger partial charge in [0, 0.05) is 0 Å². The summed E-state index contributed by atoms with van der Waals surface area (Å²) in [5.41, 5.74) is 0. The van der Waals surface area contributed by atoms with Crippen molar-refractivity contribution < 1.29 is 9.90 Å². The summed E-state index contributed by atoms with van der Waals surface area (Å²) in [6.45, 7) is 0. The molecule has 0 saturated heterocycles. The van der Waals surface area contributed by atoms with Crippen LogP contribution in [-0.2, 0) is 11.8 Å². The van der Waals surface area contributed by atoms with Crippen LogP contribution in [0.4, 0.5) is 0 Å². The second-order valence-electron chi connectivity index (χ2n) is 8.57. The fourth-order valence-electron chi connectivity index (χ4n) is 4.53. The van der Waals surface area contributed by atoms with Gasteiger partial charge in [-0.05, 0) is 0 Å². The van der Waals surface area contributed by atoms with E-state index in [-0.39, 0.29) is 6.42 Å². The van der Waals surface area contributed by atoms with Gasteiger partial charge in [-0.25, -0.2) is 0 Å². The molecule has 1 heterocycles. The average molecular weight is 517 g/mol. The summed E-state index contributed by atoms with van der Waals surface area (Å²) in [5, 5.41) is 14.4. The first-order valence-corrected chi connectivity index (χ1v) is 15.9. The Kier molecular flexibility index (Phi) is 8.67. The van der Waals surface area contributed by atoms with Crippen molar-refractivity contribution in [3.05, 3.63) is 73.1 Å². The maximum atomic E-state index is 10.6. The molecule has 3 aromatic rings. The molecule has 0 radical (unpaired) electrons. The Balaban J connectivity index is 1.80. The van der Waals surface area contributed by atoms with Crippen molar-refractivity contribution in [2.24, 2.45) is 7.05 Å². The molecule has 0 fully saturated rings. The molecule has 0 saturated carbocycles. The Morgan fingerprint density at radius 1 is 0.844 bits per heavy atom. The summed E-state index contributed by atoms with van der Waals surface area (Å²) in [6, 6.07) is 21.7. The van der Waals surface area contributed by atoms with E-state index in [0.29, 0.717) is 0 Å². The minimum atomic E-state index is -2.85. The third-order valence-corrected chi connectivity index (χ3v) is 16.3. The molecule has 4 nitrogen and oxygen atoms in total. The van der Waals surface area contributed by atoms with Crippen LogP contribution >= 0.6 is 20.8 Å². The number of aryl methyl sites for hydroxylation is 1. The topological polar surface area (TPSA) is 55.1 Å². The Labute approximate surface area is 199 Å². The fraction of sp³-hybridized carbons (Fsp3) is 0.385. The normalized spacial score (nSPS) is 12.9. The van der Waals surface area contributed by atoms with E-state index in [0.717, 1.165) is 31.8 Å². The zero-order valence-electron chi connectivity index (χ0n) is 18.9. The first kappa shape index (κ1) is 24.7. The molecule has 1 N–H and O–H groups in total. The molecule has 0 aliphatic carbocycles. The van der Waals surface area contributed by atoms with Gasteiger partial charge in [-0.3, -0.25) is 0 Å². The number of nitrogens with zero attached hydrogens (tertiary/aromatic N) is 2. The van der Waals surface area contributed by atoms with Crippen LogP contribution < -0.4 is 15.9 Å². The molecular weight excluding hydrogens is 483 g/mol.